The number of nitrogens with zero attached hydrogens (tertiary/aromatic N) is 2. The average Bonchev–Trinajstić information content (AvgIpc) is 3.10. The minimum absolute atomic E-state index is 0.280. The molecule has 0 amide bonds. The van der Waals surface area contributed by atoms with Crippen LogP contribution in [0, 0.1) is 6.92 Å². The topological polar surface area (TPSA) is 78.4 Å². The normalized spacial score (nSPS) is 11.7. The number of carbonyl (C=O) groups excluding carboxylic acids is 2. The highest BCUT2D eigenvalue weighted by Gasteiger charge is 2.24. The number of aryl methyl sites for hydroxylation is 1. The van der Waals surface area contributed by atoms with Crippen LogP contribution in [0.15, 0.2) is 48.7 Å². The maximum absolute atomic E-state index is 12.5. The second kappa shape index (κ2) is 8.09. The molecule has 0 aliphatic heterocycles. The third kappa shape index (κ3) is 4.20. The summed E-state index contributed by atoms with van der Waals surface area (Å²) in [5, 5.41) is 0.634. The Balaban J connectivity index is 1.72. The maximum atomic E-state index is 12.5. The van der Waals surface area contributed by atoms with Crippen molar-refractivity contribution in [2.45, 2.75) is 20.0 Å². The summed E-state index contributed by atoms with van der Waals surface area (Å²) in [4.78, 5) is 34.0. The predicted molar refractivity (Wildman–Crippen MR) is 102 cm³/mol. The van der Waals surface area contributed by atoms with Gasteiger partial charge in [0.1, 0.15) is 15.6 Å². The number of ketones is 1. The van der Waals surface area contributed by atoms with Gasteiger partial charge < -0.3 is 9.47 Å². The molecule has 0 saturated carbocycles. The highest BCUT2D eigenvalue weighted by atomic mass is 32.1. The molecule has 138 valence electrons. The molecule has 0 bridgehead atoms. The van der Waals surface area contributed by atoms with E-state index < -0.39 is 12.1 Å². The van der Waals surface area contributed by atoms with Crippen LogP contribution in [0.25, 0.3) is 10.7 Å². The van der Waals surface area contributed by atoms with Crippen LogP contribution >= 0.6 is 11.3 Å². The van der Waals surface area contributed by atoms with Gasteiger partial charge in [-0.05, 0) is 50.2 Å². The van der Waals surface area contributed by atoms with E-state index in [1.807, 2.05) is 18.2 Å². The van der Waals surface area contributed by atoms with E-state index in [0.717, 1.165) is 0 Å². The summed E-state index contributed by atoms with van der Waals surface area (Å²) >= 11 is 1.20. The summed E-state index contributed by atoms with van der Waals surface area (Å²) in [5.41, 5.74) is 1.69. The van der Waals surface area contributed by atoms with Gasteiger partial charge in [0.05, 0.1) is 18.5 Å². The largest absolute Gasteiger partial charge is 0.497 e. The van der Waals surface area contributed by atoms with Crippen LogP contribution in [0.2, 0.25) is 0 Å². The molecule has 0 spiro atoms. The Hall–Kier alpha value is -3.06. The van der Waals surface area contributed by atoms with E-state index >= 15 is 0 Å². The van der Waals surface area contributed by atoms with Crippen molar-refractivity contribution >= 4 is 23.1 Å². The van der Waals surface area contributed by atoms with E-state index in [1.165, 1.54) is 11.3 Å². The molecule has 1 aromatic carbocycles. The Bertz CT molecular complexity index is 952. The molecule has 0 N–H and O–H groups in total. The lowest BCUT2D eigenvalue weighted by molar-refractivity contribution is 0.0322. The first-order chi connectivity index (χ1) is 13.0. The summed E-state index contributed by atoms with van der Waals surface area (Å²) in [5.74, 6) is -0.196. The number of methoxy groups -OCH3 is 1. The quantitative estimate of drug-likeness (QED) is 0.474. The van der Waals surface area contributed by atoms with Crippen LogP contribution in [0.4, 0.5) is 0 Å². The molecule has 0 unspecified atom stereocenters. The maximum Gasteiger partial charge on any atom is 0.350 e. The van der Waals surface area contributed by atoms with Crippen molar-refractivity contribution in [3.63, 3.8) is 0 Å². The second-order valence-corrected chi connectivity index (χ2v) is 6.79. The number of ether oxygens (including phenoxy) is 2. The molecule has 7 heteroatoms. The Morgan fingerprint density at radius 2 is 1.85 bits per heavy atom. The van der Waals surface area contributed by atoms with Crippen LogP contribution in [0.5, 0.6) is 5.75 Å². The van der Waals surface area contributed by atoms with Gasteiger partial charge in [-0.3, -0.25) is 9.78 Å². The smallest absolute Gasteiger partial charge is 0.350 e. The van der Waals surface area contributed by atoms with Gasteiger partial charge in [0.2, 0.25) is 5.78 Å². The summed E-state index contributed by atoms with van der Waals surface area (Å²) in [7, 11) is 1.55. The minimum atomic E-state index is -0.911. The van der Waals surface area contributed by atoms with Crippen molar-refractivity contribution < 1.29 is 19.1 Å². The lowest BCUT2D eigenvalue weighted by atomic mass is 10.1. The number of hydrogen-bond acceptors (Lipinski definition) is 7. The zero-order valence-corrected chi connectivity index (χ0v) is 15.9. The van der Waals surface area contributed by atoms with Gasteiger partial charge in [-0.2, -0.15) is 0 Å². The van der Waals surface area contributed by atoms with E-state index in [0.29, 0.717) is 32.6 Å². The van der Waals surface area contributed by atoms with E-state index in [9.17, 15) is 9.59 Å². The third-order valence-electron chi connectivity index (χ3n) is 3.89. The molecule has 2 aromatic heterocycles. The van der Waals surface area contributed by atoms with Crippen molar-refractivity contribution in [1.82, 2.24) is 9.97 Å². The predicted octanol–water partition coefficient (Wildman–Crippen LogP) is 3.95. The molecule has 0 saturated heterocycles. The van der Waals surface area contributed by atoms with Gasteiger partial charge in [-0.25, -0.2) is 9.78 Å². The summed E-state index contributed by atoms with van der Waals surface area (Å²) < 4.78 is 10.4. The van der Waals surface area contributed by atoms with Gasteiger partial charge in [-0.15, -0.1) is 11.3 Å². The highest BCUT2D eigenvalue weighted by molar-refractivity contribution is 7.17. The lowest BCUT2D eigenvalue weighted by Crippen LogP contribution is -2.24. The Morgan fingerprint density at radius 3 is 2.48 bits per heavy atom. The minimum Gasteiger partial charge on any atom is -0.497 e. The van der Waals surface area contributed by atoms with E-state index in [4.69, 9.17) is 9.47 Å². The van der Waals surface area contributed by atoms with Gasteiger partial charge in [0.15, 0.2) is 6.10 Å². The summed E-state index contributed by atoms with van der Waals surface area (Å²) in [6, 6.07) is 12.1. The van der Waals surface area contributed by atoms with Crippen molar-refractivity contribution in [3.8, 4) is 16.5 Å². The fraction of sp³-hybridized carbons (Fsp3) is 0.200. The number of Topliss-reactive ketones (excluding diaryl/α,β-unsaturated/α-hetero) is 1. The highest BCUT2D eigenvalue weighted by Crippen LogP contribution is 2.27. The van der Waals surface area contributed by atoms with Crippen molar-refractivity contribution in [2.24, 2.45) is 0 Å². The molecule has 0 aliphatic rings. The number of carbonyl (C=O) groups is 2. The van der Waals surface area contributed by atoms with Crippen LogP contribution in [-0.4, -0.2) is 34.9 Å². The first kappa shape index (κ1) is 18.7. The van der Waals surface area contributed by atoms with Gasteiger partial charge in [0, 0.05) is 11.8 Å². The van der Waals surface area contributed by atoms with Crippen molar-refractivity contribution in [1.29, 1.82) is 0 Å². The molecule has 3 aromatic rings. The van der Waals surface area contributed by atoms with Gasteiger partial charge >= 0.3 is 5.97 Å². The Morgan fingerprint density at radius 1 is 1.11 bits per heavy atom. The van der Waals surface area contributed by atoms with Crippen molar-refractivity contribution in [2.75, 3.05) is 7.11 Å². The number of esters is 1. The molecule has 2 heterocycles. The molecule has 6 nitrogen and oxygen atoms in total. The van der Waals surface area contributed by atoms with Crippen LogP contribution in [0.1, 0.15) is 32.6 Å². The van der Waals surface area contributed by atoms with E-state index in [1.54, 1.807) is 51.4 Å². The lowest BCUT2D eigenvalue weighted by Gasteiger charge is -2.12. The summed E-state index contributed by atoms with van der Waals surface area (Å²) in [6.07, 6.45) is 0.755. The molecule has 1 atom stereocenters. The van der Waals surface area contributed by atoms with E-state index in [-0.39, 0.29) is 5.78 Å². The third-order valence-corrected chi connectivity index (χ3v) is 5.05. The van der Waals surface area contributed by atoms with Crippen LogP contribution in [0.3, 0.4) is 0 Å². The first-order valence-electron chi connectivity index (χ1n) is 8.27. The molecule has 0 radical (unpaired) electrons. The molecule has 0 aliphatic carbocycles. The number of rotatable bonds is 6. The standard InChI is InChI=1S/C20H18N2O4S/c1-12-18(27-19(22-12)16-6-4-5-11-21-16)20(24)26-13(2)17(23)14-7-9-15(25-3)10-8-14/h4-11,13H,1-3H3/t13-/m0/s1. The second-order valence-electron chi connectivity index (χ2n) is 5.79. The van der Waals surface area contributed by atoms with Crippen LogP contribution < -0.4 is 4.74 Å². The fourth-order valence-electron chi connectivity index (χ4n) is 2.44. The van der Waals surface area contributed by atoms with Crippen molar-refractivity contribution in [3.05, 3.63) is 64.8 Å². The molecule has 0 fully saturated rings. The van der Waals surface area contributed by atoms with Gasteiger partial charge in [0.25, 0.3) is 0 Å². The zero-order valence-electron chi connectivity index (χ0n) is 15.1. The number of pyridine rings is 1. The molecular formula is C20H18N2O4S. The van der Waals surface area contributed by atoms with Gasteiger partial charge in [-0.1, -0.05) is 6.07 Å². The fourth-order valence-corrected chi connectivity index (χ4v) is 3.37. The average molecular weight is 382 g/mol. The Kier molecular flexibility index (Phi) is 5.61. The number of hydrogen-bond donors (Lipinski definition) is 0. The molecule has 27 heavy (non-hydrogen) atoms. The summed E-state index contributed by atoms with van der Waals surface area (Å²) in [6.45, 7) is 3.29. The number of aromatic nitrogens is 2. The first-order valence-corrected chi connectivity index (χ1v) is 9.09. The monoisotopic (exact) mass is 382 g/mol. The van der Waals surface area contributed by atoms with Crippen LogP contribution in [-0.2, 0) is 4.74 Å². The molecule has 3 rings (SSSR count). The number of benzene rings is 1. The SMILES string of the molecule is COc1ccc(C(=O)[C@H](C)OC(=O)c2sc(-c3ccccn3)nc2C)cc1. The zero-order chi connectivity index (χ0) is 19.4. The Labute approximate surface area is 160 Å². The number of thiazole rings is 1. The molecular weight excluding hydrogens is 364 g/mol. The van der Waals surface area contributed by atoms with E-state index in [2.05, 4.69) is 9.97 Å².